The van der Waals surface area contributed by atoms with E-state index in [1.807, 2.05) is 0 Å². The van der Waals surface area contributed by atoms with E-state index >= 15 is 0 Å². The van der Waals surface area contributed by atoms with Crippen LogP contribution in [0.15, 0.2) is 0 Å². The molecule has 3 heteroatoms. The minimum absolute atomic E-state index is 0.0126. The fourth-order valence-corrected chi connectivity index (χ4v) is 0.123. The van der Waals surface area contributed by atoms with Crippen molar-refractivity contribution in [3.8, 4) is 0 Å². The van der Waals surface area contributed by atoms with E-state index in [9.17, 15) is 4.79 Å². The summed E-state index contributed by atoms with van der Waals surface area (Å²) in [6.07, 6.45) is 0.552. The zero-order chi connectivity index (χ0) is 4.83. The fourth-order valence-electron chi connectivity index (χ4n) is 0.123. The molecule has 0 aromatic rings. The predicted octanol–water partition coefficient (Wildman–Crippen LogP) is -1.28. The molecule has 0 heterocycles. The van der Waals surface area contributed by atoms with Gasteiger partial charge in [-0.25, -0.2) is 0 Å². The predicted molar refractivity (Wildman–Crippen MR) is 21.2 cm³/mol. The molecule has 0 aromatic heterocycles. The third kappa shape index (κ3) is 3.43. The second kappa shape index (κ2) is 4.43. The first-order valence-electron chi connectivity index (χ1n) is 1.69. The van der Waals surface area contributed by atoms with E-state index in [1.54, 1.807) is 0 Å². The lowest BCUT2D eigenvalue weighted by molar-refractivity contribution is -0.109. The van der Waals surface area contributed by atoms with Gasteiger partial charge in [0.2, 0.25) is 6.41 Å². The minimum atomic E-state index is 0.0126. The first-order valence-corrected chi connectivity index (χ1v) is 1.69. The van der Waals surface area contributed by atoms with Gasteiger partial charge in [0.1, 0.15) is 0 Å². The molecular weight excluding hydrogens is 82.0 g/mol. The number of carbonyl (C=O) groups is 1. The summed E-state index contributed by atoms with van der Waals surface area (Å²) in [7, 11) is 0. The molecule has 0 aliphatic heterocycles. The highest BCUT2D eigenvalue weighted by Crippen LogP contribution is 1.44. The monoisotopic (exact) mass is 89.0 g/mol. The van der Waals surface area contributed by atoms with Crippen LogP contribution in [0.2, 0.25) is 0 Å². The number of rotatable bonds is 3. The van der Waals surface area contributed by atoms with Crippen molar-refractivity contribution in [3.05, 3.63) is 0 Å². The number of aliphatic hydroxyl groups excluding tert-OH is 1. The molecular formula is C3H7NO2. The van der Waals surface area contributed by atoms with Crippen LogP contribution >= 0.6 is 0 Å². The molecule has 0 bridgehead atoms. The highest BCUT2D eigenvalue weighted by atomic mass is 16.3. The standard InChI is InChI=1S/C3H7NO2/c5-2-1-4-3-6/h3,5H,1-2H2,(H,4,6). The second-order valence-corrected chi connectivity index (χ2v) is 0.796. The first kappa shape index (κ1) is 5.43. The average molecular weight is 89.1 g/mol. The van der Waals surface area contributed by atoms with Crippen molar-refractivity contribution < 1.29 is 9.90 Å². The van der Waals surface area contributed by atoms with Crippen LogP contribution in [0, 0.1) is 0 Å². The Hall–Kier alpha value is -0.570. The van der Waals surface area contributed by atoms with E-state index in [1.165, 1.54) is 0 Å². The molecule has 0 spiro atoms. The molecule has 6 heavy (non-hydrogen) atoms. The van der Waals surface area contributed by atoms with E-state index in [0.717, 1.165) is 0 Å². The average Bonchev–Trinajstić information content (AvgIpc) is 1.61. The molecule has 3 nitrogen and oxygen atoms in total. The summed E-state index contributed by atoms with van der Waals surface area (Å²) in [4.78, 5) is 9.34. The SMILES string of the molecule is O=CNCCO. The summed E-state index contributed by atoms with van der Waals surface area (Å²) < 4.78 is 0. The Balaban J connectivity index is 2.49. The van der Waals surface area contributed by atoms with E-state index in [2.05, 4.69) is 5.32 Å². The van der Waals surface area contributed by atoms with Crippen LogP contribution in [-0.2, 0) is 4.79 Å². The lowest BCUT2D eigenvalue weighted by Crippen LogP contribution is -2.14. The van der Waals surface area contributed by atoms with Gasteiger partial charge in [-0.1, -0.05) is 0 Å². The van der Waals surface area contributed by atoms with Gasteiger partial charge in [-0.05, 0) is 0 Å². The van der Waals surface area contributed by atoms with Gasteiger partial charge >= 0.3 is 0 Å². The van der Waals surface area contributed by atoms with Crippen molar-refractivity contribution in [1.29, 1.82) is 0 Å². The van der Waals surface area contributed by atoms with Gasteiger partial charge in [-0.3, -0.25) is 4.79 Å². The van der Waals surface area contributed by atoms with Crippen LogP contribution in [0.1, 0.15) is 0 Å². The minimum Gasteiger partial charge on any atom is -0.395 e. The Labute approximate surface area is 36.0 Å². The van der Waals surface area contributed by atoms with Crippen LogP contribution in [0.4, 0.5) is 0 Å². The Morgan fingerprint density at radius 3 is 2.67 bits per heavy atom. The number of carbonyl (C=O) groups excluding carboxylic acids is 1. The molecule has 0 aliphatic rings. The van der Waals surface area contributed by atoms with Crippen molar-refractivity contribution in [1.82, 2.24) is 5.32 Å². The molecule has 0 saturated heterocycles. The summed E-state index contributed by atoms with van der Waals surface area (Å²) >= 11 is 0. The number of hydrogen-bond donors (Lipinski definition) is 2. The van der Waals surface area contributed by atoms with E-state index in [4.69, 9.17) is 5.11 Å². The van der Waals surface area contributed by atoms with E-state index in [0.29, 0.717) is 13.0 Å². The molecule has 0 saturated carbocycles. The molecule has 0 atom stereocenters. The molecule has 0 rings (SSSR count). The largest absolute Gasteiger partial charge is 0.395 e. The van der Waals surface area contributed by atoms with Crippen molar-refractivity contribution in [2.24, 2.45) is 0 Å². The zero-order valence-corrected chi connectivity index (χ0v) is 3.35. The summed E-state index contributed by atoms with van der Waals surface area (Å²) in [5, 5.41) is 10.2. The lowest BCUT2D eigenvalue weighted by Gasteiger charge is -1.85. The van der Waals surface area contributed by atoms with Crippen molar-refractivity contribution in [3.63, 3.8) is 0 Å². The Bertz CT molecular complexity index is 37.8. The summed E-state index contributed by atoms with van der Waals surface area (Å²) in [5.74, 6) is 0. The first-order chi connectivity index (χ1) is 2.91. The maximum absolute atomic E-state index is 9.34. The molecule has 0 aromatic carbocycles. The van der Waals surface area contributed by atoms with Crippen LogP contribution < -0.4 is 5.32 Å². The Morgan fingerprint density at radius 2 is 2.50 bits per heavy atom. The van der Waals surface area contributed by atoms with Gasteiger partial charge < -0.3 is 10.4 Å². The van der Waals surface area contributed by atoms with Gasteiger partial charge in [0.25, 0.3) is 0 Å². The third-order valence-corrected chi connectivity index (χ3v) is 0.339. The molecule has 0 unspecified atom stereocenters. The van der Waals surface area contributed by atoms with Gasteiger partial charge in [0.15, 0.2) is 0 Å². The van der Waals surface area contributed by atoms with Crippen LogP contribution in [0.5, 0.6) is 0 Å². The normalized spacial score (nSPS) is 7.50. The molecule has 0 radical (unpaired) electrons. The number of hydrogen-bond acceptors (Lipinski definition) is 2. The molecule has 0 aliphatic carbocycles. The lowest BCUT2D eigenvalue weighted by atomic mass is 10.7. The smallest absolute Gasteiger partial charge is 0.207 e. The topological polar surface area (TPSA) is 49.3 Å². The summed E-state index contributed by atoms with van der Waals surface area (Å²) in [6, 6.07) is 0. The maximum Gasteiger partial charge on any atom is 0.207 e. The van der Waals surface area contributed by atoms with E-state index < -0.39 is 0 Å². The van der Waals surface area contributed by atoms with E-state index in [-0.39, 0.29) is 6.61 Å². The number of amides is 1. The van der Waals surface area contributed by atoms with Crippen molar-refractivity contribution >= 4 is 6.41 Å². The Kier molecular flexibility index (Phi) is 4.01. The maximum atomic E-state index is 9.34. The number of aliphatic hydroxyl groups is 1. The quantitative estimate of drug-likeness (QED) is 0.334. The third-order valence-electron chi connectivity index (χ3n) is 0.339. The van der Waals surface area contributed by atoms with Gasteiger partial charge in [0, 0.05) is 6.54 Å². The van der Waals surface area contributed by atoms with Crippen molar-refractivity contribution in [2.45, 2.75) is 0 Å². The summed E-state index contributed by atoms with van der Waals surface area (Å²) in [5.41, 5.74) is 0. The van der Waals surface area contributed by atoms with Gasteiger partial charge in [-0.15, -0.1) is 0 Å². The zero-order valence-electron chi connectivity index (χ0n) is 3.35. The Morgan fingerprint density at radius 1 is 1.83 bits per heavy atom. The van der Waals surface area contributed by atoms with Crippen LogP contribution in [0.3, 0.4) is 0 Å². The highest BCUT2D eigenvalue weighted by Gasteiger charge is 1.70. The van der Waals surface area contributed by atoms with Crippen LogP contribution in [0.25, 0.3) is 0 Å². The summed E-state index contributed by atoms with van der Waals surface area (Å²) in [6.45, 7) is 0.363. The molecule has 36 valence electrons. The number of nitrogens with one attached hydrogen (secondary N) is 1. The van der Waals surface area contributed by atoms with Crippen molar-refractivity contribution in [2.75, 3.05) is 13.2 Å². The molecule has 1 amide bonds. The fraction of sp³-hybridized carbons (Fsp3) is 0.667. The highest BCUT2D eigenvalue weighted by molar-refractivity contribution is 5.45. The second-order valence-electron chi connectivity index (χ2n) is 0.796. The van der Waals surface area contributed by atoms with Gasteiger partial charge in [-0.2, -0.15) is 0 Å². The molecule has 2 N–H and O–H groups in total. The molecule has 0 fully saturated rings. The van der Waals surface area contributed by atoms with Gasteiger partial charge in [0.05, 0.1) is 6.61 Å². The van der Waals surface area contributed by atoms with Crippen LogP contribution in [-0.4, -0.2) is 24.7 Å².